The van der Waals surface area contributed by atoms with Crippen molar-refractivity contribution in [3.05, 3.63) is 34.7 Å². The zero-order valence-electron chi connectivity index (χ0n) is 19.9. The third-order valence-corrected chi connectivity index (χ3v) is 6.05. The third-order valence-electron chi connectivity index (χ3n) is 6.05. The number of hydrogen-bond acceptors (Lipinski definition) is 13. The fraction of sp³-hybridized carbons (Fsp3) is 0.375. The van der Waals surface area contributed by atoms with Crippen LogP contribution in [0, 0.1) is 0 Å². The van der Waals surface area contributed by atoms with E-state index in [2.05, 4.69) is 0 Å². The average molecular weight is 522 g/mol. The Bertz CT molecular complexity index is 1350. The lowest BCUT2D eigenvalue weighted by Gasteiger charge is -2.39. The standard InChI is InChI=1S/C24H26O13/c1-32-12-5-13(33-2)11(26)4-9(12)10-8-35-14-6-15(23(34-3)20(29)17(14)18(10)27)36-24-22(31)21(30)19(28)16(7-25)37-24/h4-6,8,16,19,21-22,24-26,28-31H,7H2,1-3H3/t16-,19-,21-,22+,24+/m1/s1. The van der Waals surface area contributed by atoms with Crippen molar-refractivity contribution in [1.82, 2.24) is 0 Å². The molecule has 2 aromatic carbocycles. The Morgan fingerprint density at radius 2 is 1.57 bits per heavy atom. The fourth-order valence-corrected chi connectivity index (χ4v) is 4.08. The minimum Gasteiger partial charge on any atom is -0.504 e. The van der Waals surface area contributed by atoms with Crippen LogP contribution in [0.3, 0.4) is 0 Å². The molecule has 5 atom stereocenters. The van der Waals surface area contributed by atoms with E-state index in [0.717, 1.165) is 6.26 Å². The number of fused-ring (bicyclic) bond motifs is 1. The van der Waals surface area contributed by atoms with Crippen molar-refractivity contribution in [3.8, 4) is 45.6 Å². The van der Waals surface area contributed by atoms with Crippen LogP contribution in [0.25, 0.3) is 22.1 Å². The molecule has 1 aliphatic rings. The first-order chi connectivity index (χ1) is 17.7. The molecule has 13 heteroatoms. The van der Waals surface area contributed by atoms with Crippen molar-refractivity contribution in [2.45, 2.75) is 30.7 Å². The van der Waals surface area contributed by atoms with Gasteiger partial charge in [0.15, 0.2) is 23.0 Å². The quantitative estimate of drug-likeness (QED) is 0.244. The molecule has 0 aliphatic carbocycles. The number of phenols is 2. The van der Waals surface area contributed by atoms with Gasteiger partial charge in [-0.3, -0.25) is 4.79 Å². The average Bonchev–Trinajstić information content (AvgIpc) is 2.89. The molecule has 0 amide bonds. The van der Waals surface area contributed by atoms with Crippen LogP contribution in [0.5, 0.6) is 34.5 Å². The number of aliphatic hydroxyl groups excluding tert-OH is 4. The first-order valence-electron chi connectivity index (χ1n) is 10.9. The van der Waals surface area contributed by atoms with E-state index in [-0.39, 0.29) is 50.8 Å². The summed E-state index contributed by atoms with van der Waals surface area (Å²) in [7, 11) is 3.91. The van der Waals surface area contributed by atoms with E-state index in [9.17, 15) is 35.4 Å². The number of phenolic OH excluding ortho intramolecular Hbond substituents is 2. The first-order valence-corrected chi connectivity index (χ1v) is 10.9. The van der Waals surface area contributed by atoms with Crippen molar-refractivity contribution in [1.29, 1.82) is 0 Å². The molecule has 0 unspecified atom stereocenters. The van der Waals surface area contributed by atoms with Gasteiger partial charge in [0.25, 0.3) is 0 Å². The molecule has 13 nitrogen and oxygen atoms in total. The predicted octanol–water partition coefficient (Wildman–Crippen LogP) is 0.0757. The maximum atomic E-state index is 13.4. The van der Waals surface area contributed by atoms with Crippen molar-refractivity contribution < 1.29 is 58.7 Å². The minimum absolute atomic E-state index is 0.0535. The van der Waals surface area contributed by atoms with Crippen LogP contribution in [-0.2, 0) is 4.74 Å². The lowest BCUT2D eigenvalue weighted by Crippen LogP contribution is -2.60. The predicted molar refractivity (Wildman–Crippen MR) is 125 cm³/mol. The topological polar surface area (TPSA) is 198 Å². The van der Waals surface area contributed by atoms with E-state index >= 15 is 0 Å². The maximum Gasteiger partial charge on any atom is 0.229 e. The summed E-state index contributed by atoms with van der Waals surface area (Å²) < 4.78 is 32.1. The Morgan fingerprint density at radius 3 is 2.19 bits per heavy atom. The maximum absolute atomic E-state index is 13.4. The number of methoxy groups -OCH3 is 3. The third kappa shape index (κ3) is 4.47. The highest BCUT2D eigenvalue weighted by molar-refractivity contribution is 5.92. The largest absolute Gasteiger partial charge is 0.504 e. The van der Waals surface area contributed by atoms with Crippen LogP contribution >= 0.6 is 0 Å². The minimum atomic E-state index is -1.73. The number of benzene rings is 2. The molecule has 0 bridgehead atoms. The molecule has 1 fully saturated rings. The van der Waals surface area contributed by atoms with Gasteiger partial charge in [0, 0.05) is 17.7 Å². The summed E-state index contributed by atoms with van der Waals surface area (Å²) in [6.45, 7) is -0.674. The van der Waals surface area contributed by atoms with Crippen molar-refractivity contribution in [2.75, 3.05) is 27.9 Å². The van der Waals surface area contributed by atoms with Crippen LogP contribution in [0.1, 0.15) is 0 Å². The van der Waals surface area contributed by atoms with Gasteiger partial charge >= 0.3 is 0 Å². The van der Waals surface area contributed by atoms with E-state index in [0.29, 0.717) is 0 Å². The smallest absolute Gasteiger partial charge is 0.229 e. The number of aromatic hydroxyl groups is 2. The Kier molecular flexibility index (Phi) is 7.34. The second kappa shape index (κ2) is 10.3. The van der Waals surface area contributed by atoms with Crippen LogP contribution in [0.4, 0.5) is 0 Å². The molecule has 1 aromatic heterocycles. The summed E-state index contributed by atoms with van der Waals surface area (Å²) in [5, 5.41) is 60.5. The Hall–Kier alpha value is -3.75. The lowest BCUT2D eigenvalue weighted by molar-refractivity contribution is -0.277. The van der Waals surface area contributed by atoms with Gasteiger partial charge < -0.3 is 58.7 Å². The normalized spacial score (nSPS) is 23.6. The molecular weight excluding hydrogens is 496 g/mol. The summed E-state index contributed by atoms with van der Waals surface area (Å²) in [4.78, 5) is 13.4. The van der Waals surface area contributed by atoms with E-state index in [1.165, 1.54) is 39.5 Å². The van der Waals surface area contributed by atoms with E-state index < -0.39 is 48.5 Å². The van der Waals surface area contributed by atoms with Gasteiger partial charge in [-0.15, -0.1) is 0 Å². The molecule has 4 rings (SSSR count). The van der Waals surface area contributed by atoms with Crippen LogP contribution in [0.15, 0.2) is 33.7 Å². The Morgan fingerprint density at radius 1 is 0.865 bits per heavy atom. The summed E-state index contributed by atoms with van der Waals surface area (Å²) in [6.07, 6.45) is -6.76. The highest BCUT2D eigenvalue weighted by Crippen LogP contribution is 2.44. The Balaban J connectivity index is 1.81. The number of aliphatic hydroxyl groups is 4. The summed E-state index contributed by atoms with van der Waals surface area (Å²) in [5.41, 5.74) is -0.721. The molecule has 0 saturated carbocycles. The second-order valence-corrected chi connectivity index (χ2v) is 8.15. The zero-order chi connectivity index (χ0) is 27.0. The van der Waals surface area contributed by atoms with Crippen molar-refractivity contribution in [3.63, 3.8) is 0 Å². The summed E-state index contributed by atoms with van der Waals surface area (Å²) in [5.74, 6) is -1.17. The molecule has 6 N–H and O–H groups in total. The molecule has 200 valence electrons. The molecule has 2 heterocycles. The second-order valence-electron chi connectivity index (χ2n) is 8.15. The van der Waals surface area contributed by atoms with E-state index in [1.807, 2.05) is 0 Å². The van der Waals surface area contributed by atoms with Gasteiger partial charge in [-0.1, -0.05) is 0 Å². The first kappa shape index (κ1) is 26.3. The molecule has 1 aliphatic heterocycles. The summed E-state index contributed by atoms with van der Waals surface area (Å²) >= 11 is 0. The van der Waals surface area contributed by atoms with Gasteiger partial charge in [0.2, 0.25) is 17.5 Å². The zero-order valence-corrected chi connectivity index (χ0v) is 19.9. The fourth-order valence-electron chi connectivity index (χ4n) is 4.08. The van der Waals surface area contributed by atoms with Crippen LogP contribution in [0.2, 0.25) is 0 Å². The van der Waals surface area contributed by atoms with Gasteiger partial charge in [0.1, 0.15) is 47.4 Å². The van der Waals surface area contributed by atoms with Gasteiger partial charge in [0.05, 0.1) is 33.5 Å². The SMILES string of the molecule is COc1cc(OC)c(-c2coc3cc(O[C@H]4O[C@H](CO)[C@@H](O)[C@@H](O)[C@@H]4O)c(OC)c(O)c3c2=O)cc1O. The number of hydrogen-bond donors (Lipinski definition) is 6. The van der Waals surface area contributed by atoms with Crippen molar-refractivity contribution in [2.24, 2.45) is 0 Å². The summed E-state index contributed by atoms with van der Waals surface area (Å²) in [6, 6.07) is 3.83. The number of rotatable bonds is 7. The highest BCUT2D eigenvalue weighted by Gasteiger charge is 2.45. The monoisotopic (exact) mass is 522 g/mol. The molecular formula is C24H26O13. The van der Waals surface area contributed by atoms with Crippen LogP contribution < -0.4 is 24.4 Å². The molecule has 3 aromatic rings. The lowest BCUT2D eigenvalue weighted by atomic mass is 9.99. The van der Waals surface area contributed by atoms with Crippen LogP contribution in [-0.4, -0.2) is 89.3 Å². The van der Waals surface area contributed by atoms with E-state index in [4.69, 9.17) is 28.1 Å². The Labute approximate surface area is 209 Å². The van der Waals surface area contributed by atoms with Crippen molar-refractivity contribution >= 4 is 11.0 Å². The van der Waals surface area contributed by atoms with Gasteiger partial charge in [-0.25, -0.2) is 0 Å². The molecule has 37 heavy (non-hydrogen) atoms. The highest BCUT2D eigenvalue weighted by atomic mass is 16.7. The van der Waals surface area contributed by atoms with Gasteiger partial charge in [-0.05, 0) is 6.07 Å². The van der Waals surface area contributed by atoms with Gasteiger partial charge in [-0.2, -0.15) is 0 Å². The van der Waals surface area contributed by atoms with E-state index in [1.54, 1.807) is 0 Å². The molecule has 1 saturated heterocycles. The number of ether oxygens (including phenoxy) is 5. The molecule has 0 radical (unpaired) electrons. The molecule has 0 spiro atoms.